The second-order valence-electron chi connectivity index (χ2n) is 13.1. The van der Waals surface area contributed by atoms with Gasteiger partial charge in [-0.05, 0) is 89.0 Å². The zero-order valence-electron chi connectivity index (χ0n) is 28.0. The third kappa shape index (κ3) is 4.87. The maximum Gasteiger partial charge on any atom is 0.137 e. The minimum atomic E-state index is 0.630. The van der Waals surface area contributed by atoms with E-state index < -0.39 is 0 Å². The highest BCUT2D eigenvalue weighted by atomic mass is 16.3. The fourth-order valence-corrected chi connectivity index (χ4v) is 7.55. The lowest BCUT2D eigenvalue weighted by Crippen LogP contribution is -1.97. The molecule has 52 heavy (non-hydrogen) atoms. The summed E-state index contributed by atoms with van der Waals surface area (Å²) in [5.74, 6) is 0. The minimum absolute atomic E-state index is 0.630. The van der Waals surface area contributed by atoms with Crippen LogP contribution in [0.2, 0.25) is 0 Å². The number of para-hydroxylation sites is 2. The molecule has 0 aliphatic rings. The molecule has 0 aliphatic carbocycles. The molecule has 0 N–H and O–H groups in total. The fourth-order valence-electron chi connectivity index (χ4n) is 7.55. The standard InChI is InChI=1S/C48H29N3O/c49-30-31-19-21-32(22-20-31)35-25-36(37-28-42(33-11-3-1-4-12-33)50-43(29-37)34-13-5-2-6-14-34)27-38(26-35)51-44-17-9-7-15-39(44)40-23-24-46-47(48(40)51)41-16-8-10-18-45(41)52-46/h1-29H. The van der Waals surface area contributed by atoms with Gasteiger partial charge < -0.3 is 8.98 Å². The first kappa shape index (κ1) is 29.7. The van der Waals surface area contributed by atoms with Gasteiger partial charge in [-0.3, -0.25) is 0 Å². The number of aromatic nitrogens is 2. The van der Waals surface area contributed by atoms with Crippen LogP contribution in [0.5, 0.6) is 0 Å². The molecular weight excluding hydrogens is 635 g/mol. The van der Waals surface area contributed by atoms with Gasteiger partial charge in [-0.25, -0.2) is 4.98 Å². The number of hydrogen-bond acceptors (Lipinski definition) is 3. The second-order valence-corrected chi connectivity index (χ2v) is 13.1. The molecule has 7 aromatic carbocycles. The molecule has 3 heterocycles. The van der Waals surface area contributed by atoms with Gasteiger partial charge in [-0.2, -0.15) is 5.26 Å². The summed E-state index contributed by atoms with van der Waals surface area (Å²) < 4.78 is 8.81. The van der Waals surface area contributed by atoms with Crippen LogP contribution in [-0.2, 0) is 0 Å². The van der Waals surface area contributed by atoms with Gasteiger partial charge in [0.25, 0.3) is 0 Å². The number of nitriles is 1. The van der Waals surface area contributed by atoms with Gasteiger partial charge in [0.15, 0.2) is 0 Å². The smallest absolute Gasteiger partial charge is 0.137 e. The monoisotopic (exact) mass is 663 g/mol. The van der Waals surface area contributed by atoms with Gasteiger partial charge in [-0.1, -0.05) is 109 Å². The maximum absolute atomic E-state index is 9.58. The molecule has 0 radical (unpaired) electrons. The first-order valence-corrected chi connectivity index (χ1v) is 17.3. The molecule has 0 fully saturated rings. The molecule has 0 saturated carbocycles. The van der Waals surface area contributed by atoms with Crippen molar-refractivity contribution in [2.45, 2.75) is 0 Å². The lowest BCUT2D eigenvalue weighted by atomic mass is 9.95. The Morgan fingerprint density at radius 3 is 1.75 bits per heavy atom. The predicted octanol–water partition coefficient (Wildman–Crippen LogP) is 12.6. The second kappa shape index (κ2) is 12.0. The van der Waals surface area contributed by atoms with Gasteiger partial charge in [0.05, 0.1) is 39.4 Å². The number of fused-ring (bicyclic) bond motifs is 7. The van der Waals surface area contributed by atoms with E-state index >= 15 is 0 Å². The third-order valence-corrected chi connectivity index (χ3v) is 10.00. The lowest BCUT2D eigenvalue weighted by Gasteiger charge is -2.16. The number of furan rings is 1. The lowest BCUT2D eigenvalue weighted by molar-refractivity contribution is 0.669. The summed E-state index contributed by atoms with van der Waals surface area (Å²) in [5.41, 5.74) is 13.7. The van der Waals surface area contributed by atoms with Crippen molar-refractivity contribution in [1.29, 1.82) is 5.26 Å². The van der Waals surface area contributed by atoms with Crippen molar-refractivity contribution in [3.63, 3.8) is 0 Å². The van der Waals surface area contributed by atoms with E-state index in [0.717, 1.165) is 83.4 Å². The Morgan fingerprint density at radius 1 is 0.462 bits per heavy atom. The summed E-state index contributed by atoms with van der Waals surface area (Å²) in [7, 11) is 0. The Morgan fingerprint density at radius 2 is 1.06 bits per heavy atom. The highest BCUT2D eigenvalue weighted by molar-refractivity contribution is 6.24. The molecule has 10 rings (SSSR count). The topological polar surface area (TPSA) is 54.8 Å². The largest absolute Gasteiger partial charge is 0.456 e. The highest BCUT2D eigenvalue weighted by Crippen LogP contribution is 2.42. The molecule has 0 bridgehead atoms. The molecule has 10 aromatic rings. The number of benzene rings is 7. The summed E-state index contributed by atoms with van der Waals surface area (Å²) in [6, 6.07) is 63.2. The fraction of sp³-hybridized carbons (Fsp3) is 0. The zero-order valence-corrected chi connectivity index (χ0v) is 28.0. The number of hydrogen-bond donors (Lipinski definition) is 0. The molecule has 4 nitrogen and oxygen atoms in total. The molecule has 0 amide bonds. The first-order valence-electron chi connectivity index (χ1n) is 17.3. The molecule has 0 atom stereocenters. The summed E-state index contributed by atoms with van der Waals surface area (Å²) in [6.45, 7) is 0. The summed E-state index contributed by atoms with van der Waals surface area (Å²) in [4.78, 5) is 5.16. The predicted molar refractivity (Wildman–Crippen MR) is 212 cm³/mol. The van der Waals surface area contributed by atoms with Crippen molar-refractivity contribution in [2.24, 2.45) is 0 Å². The zero-order chi connectivity index (χ0) is 34.6. The van der Waals surface area contributed by atoms with Crippen molar-refractivity contribution in [1.82, 2.24) is 9.55 Å². The maximum atomic E-state index is 9.58. The van der Waals surface area contributed by atoms with Crippen LogP contribution in [0.25, 0.3) is 94.2 Å². The molecule has 0 spiro atoms. The van der Waals surface area contributed by atoms with Crippen LogP contribution >= 0.6 is 0 Å². The van der Waals surface area contributed by atoms with E-state index in [1.165, 1.54) is 10.8 Å². The van der Waals surface area contributed by atoms with E-state index in [-0.39, 0.29) is 0 Å². The summed E-state index contributed by atoms with van der Waals surface area (Å²) in [5, 5.41) is 14.1. The molecule has 242 valence electrons. The summed E-state index contributed by atoms with van der Waals surface area (Å²) >= 11 is 0. The highest BCUT2D eigenvalue weighted by Gasteiger charge is 2.20. The molecule has 4 heteroatoms. The number of nitrogens with zero attached hydrogens (tertiary/aromatic N) is 3. The van der Waals surface area contributed by atoms with E-state index in [1.807, 2.05) is 48.5 Å². The van der Waals surface area contributed by atoms with Gasteiger partial charge in [0, 0.05) is 33.0 Å². The van der Waals surface area contributed by atoms with E-state index in [1.54, 1.807) is 0 Å². The van der Waals surface area contributed by atoms with Crippen LogP contribution in [0.4, 0.5) is 0 Å². The van der Waals surface area contributed by atoms with Crippen molar-refractivity contribution in [3.05, 3.63) is 181 Å². The van der Waals surface area contributed by atoms with E-state index in [0.29, 0.717) is 5.56 Å². The van der Waals surface area contributed by atoms with Crippen LogP contribution < -0.4 is 0 Å². The Hall–Kier alpha value is -7.22. The Labute approximate surface area is 300 Å². The molecular formula is C48H29N3O. The third-order valence-electron chi connectivity index (χ3n) is 10.00. The average molecular weight is 664 g/mol. The van der Waals surface area contributed by atoms with E-state index in [9.17, 15) is 5.26 Å². The molecule has 0 saturated heterocycles. The SMILES string of the molecule is N#Cc1ccc(-c2cc(-c3cc(-c4ccccc4)nc(-c4ccccc4)c3)cc(-n3c4ccccc4c4ccc5oc6ccccc6c5c43)c2)cc1. The van der Waals surface area contributed by atoms with Crippen LogP contribution in [0, 0.1) is 11.3 Å². The van der Waals surface area contributed by atoms with Crippen molar-refractivity contribution in [3.8, 4) is 56.5 Å². The van der Waals surface area contributed by atoms with Crippen LogP contribution in [-0.4, -0.2) is 9.55 Å². The number of rotatable bonds is 5. The number of pyridine rings is 1. The van der Waals surface area contributed by atoms with E-state index in [4.69, 9.17) is 9.40 Å². The average Bonchev–Trinajstić information content (AvgIpc) is 3.77. The van der Waals surface area contributed by atoms with Gasteiger partial charge >= 0.3 is 0 Å². The first-order chi connectivity index (χ1) is 25.7. The summed E-state index contributed by atoms with van der Waals surface area (Å²) in [6.07, 6.45) is 0. The molecule has 3 aromatic heterocycles. The quantitative estimate of drug-likeness (QED) is 0.184. The van der Waals surface area contributed by atoms with Crippen molar-refractivity contribution < 1.29 is 4.42 Å². The van der Waals surface area contributed by atoms with Crippen LogP contribution in [0.1, 0.15) is 5.56 Å². The Kier molecular flexibility index (Phi) is 6.84. The van der Waals surface area contributed by atoms with Gasteiger partial charge in [0.2, 0.25) is 0 Å². The minimum Gasteiger partial charge on any atom is -0.456 e. The molecule has 0 aliphatic heterocycles. The van der Waals surface area contributed by atoms with E-state index in [2.05, 4.69) is 138 Å². The van der Waals surface area contributed by atoms with Crippen LogP contribution in [0.15, 0.2) is 180 Å². The van der Waals surface area contributed by atoms with Crippen LogP contribution in [0.3, 0.4) is 0 Å². The Bertz CT molecular complexity index is 2950. The van der Waals surface area contributed by atoms with Gasteiger partial charge in [0.1, 0.15) is 11.2 Å². The Balaban J connectivity index is 1.30. The van der Waals surface area contributed by atoms with Crippen molar-refractivity contribution >= 4 is 43.7 Å². The van der Waals surface area contributed by atoms with Crippen molar-refractivity contribution in [2.75, 3.05) is 0 Å². The normalized spacial score (nSPS) is 11.4. The molecule has 0 unspecified atom stereocenters. The van der Waals surface area contributed by atoms with Gasteiger partial charge in [-0.15, -0.1) is 0 Å².